The molecule has 0 radical (unpaired) electrons. The van der Waals surface area contributed by atoms with Crippen LogP contribution < -0.4 is 5.32 Å². The molecule has 0 saturated heterocycles. The van der Waals surface area contributed by atoms with Crippen molar-refractivity contribution in [3.63, 3.8) is 0 Å². The van der Waals surface area contributed by atoms with Gasteiger partial charge in [0.15, 0.2) is 0 Å². The third-order valence-electron chi connectivity index (χ3n) is 4.20. The van der Waals surface area contributed by atoms with Gasteiger partial charge in [-0.15, -0.1) is 0 Å². The van der Waals surface area contributed by atoms with Crippen LogP contribution in [0.3, 0.4) is 0 Å². The molecule has 2 rings (SSSR count). The zero-order valence-electron chi connectivity index (χ0n) is 14.3. The van der Waals surface area contributed by atoms with E-state index in [1.165, 1.54) is 31.1 Å². The Kier molecular flexibility index (Phi) is 6.86. The smallest absolute Gasteiger partial charge is 0.251 e. The molecule has 0 aromatic heterocycles. The number of fused-ring (bicyclic) bond motifs is 1. The molecule has 0 heterocycles. The average molecular weight is 309 g/mol. The number of carbonyl (C=O) groups excluding carboxylic acids is 1. The van der Waals surface area contributed by atoms with E-state index in [9.17, 15) is 4.79 Å². The fourth-order valence-electron chi connectivity index (χ4n) is 2.79. The van der Waals surface area contributed by atoms with Gasteiger partial charge in [-0.3, -0.25) is 4.79 Å². The van der Waals surface area contributed by atoms with Gasteiger partial charge in [-0.25, -0.2) is 0 Å². The van der Waals surface area contributed by atoms with Gasteiger partial charge in [-0.05, 0) is 42.7 Å². The van der Waals surface area contributed by atoms with E-state index in [2.05, 4.69) is 24.4 Å². The second-order valence-electron chi connectivity index (χ2n) is 5.99. The second kappa shape index (κ2) is 9.14. The molecule has 0 spiro atoms. The van der Waals surface area contributed by atoms with E-state index in [1.807, 2.05) is 43.3 Å². The molecule has 0 aliphatic heterocycles. The molecule has 0 bridgehead atoms. The summed E-state index contributed by atoms with van der Waals surface area (Å²) in [5.74, 6) is 0.0262. The van der Waals surface area contributed by atoms with Crippen LogP contribution in [0.2, 0.25) is 0 Å². The van der Waals surface area contributed by atoms with Gasteiger partial charge in [0.05, 0.1) is 0 Å². The molecule has 0 aliphatic rings. The standard InChI is InChI=1S/C21H27NO/c1-3-5-6-7-8-11-17(4-2)21(23)22-20-15-14-18-12-9-10-13-19(18)16-20/h4,9-10,12-16H,3,5-8,11H2,1-2H3,(H,22,23). The molecule has 1 N–H and O–H groups in total. The van der Waals surface area contributed by atoms with Crippen molar-refractivity contribution in [2.75, 3.05) is 5.32 Å². The third kappa shape index (κ3) is 5.24. The molecular weight excluding hydrogens is 282 g/mol. The fraction of sp³-hybridized carbons (Fsp3) is 0.381. The summed E-state index contributed by atoms with van der Waals surface area (Å²) >= 11 is 0. The number of nitrogens with one attached hydrogen (secondary N) is 1. The van der Waals surface area contributed by atoms with Crippen molar-refractivity contribution in [2.45, 2.75) is 52.4 Å². The van der Waals surface area contributed by atoms with Gasteiger partial charge in [0.25, 0.3) is 5.91 Å². The summed E-state index contributed by atoms with van der Waals surface area (Å²) in [5.41, 5.74) is 1.74. The Labute approximate surface area is 139 Å². The van der Waals surface area contributed by atoms with Crippen molar-refractivity contribution < 1.29 is 4.79 Å². The van der Waals surface area contributed by atoms with Crippen LogP contribution in [0.5, 0.6) is 0 Å². The SMILES string of the molecule is CC=C(CCCCCCC)C(=O)Nc1ccc2ccccc2c1. The largest absolute Gasteiger partial charge is 0.322 e. The zero-order chi connectivity index (χ0) is 16.5. The van der Waals surface area contributed by atoms with Gasteiger partial charge < -0.3 is 5.32 Å². The Morgan fingerprint density at radius 2 is 1.74 bits per heavy atom. The van der Waals surface area contributed by atoms with Crippen molar-refractivity contribution in [1.82, 2.24) is 0 Å². The molecule has 2 heteroatoms. The van der Waals surface area contributed by atoms with Crippen molar-refractivity contribution in [2.24, 2.45) is 0 Å². The molecule has 23 heavy (non-hydrogen) atoms. The van der Waals surface area contributed by atoms with Gasteiger partial charge in [0.1, 0.15) is 0 Å². The molecule has 0 fully saturated rings. The first-order valence-electron chi connectivity index (χ1n) is 8.70. The number of hydrogen-bond donors (Lipinski definition) is 1. The van der Waals surface area contributed by atoms with E-state index >= 15 is 0 Å². The summed E-state index contributed by atoms with van der Waals surface area (Å²) in [6.07, 6.45) is 8.89. The minimum absolute atomic E-state index is 0.0262. The van der Waals surface area contributed by atoms with E-state index in [4.69, 9.17) is 0 Å². The van der Waals surface area contributed by atoms with Crippen LogP contribution in [0, 0.1) is 0 Å². The van der Waals surface area contributed by atoms with Crippen LogP contribution in [-0.2, 0) is 4.79 Å². The topological polar surface area (TPSA) is 29.1 Å². The Morgan fingerprint density at radius 1 is 1.00 bits per heavy atom. The maximum atomic E-state index is 12.4. The van der Waals surface area contributed by atoms with Crippen LogP contribution in [0.4, 0.5) is 5.69 Å². The minimum atomic E-state index is 0.0262. The summed E-state index contributed by atoms with van der Waals surface area (Å²) < 4.78 is 0. The number of rotatable bonds is 8. The highest BCUT2D eigenvalue weighted by Crippen LogP contribution is 2.20. The predicted molar refractivity (Wildman–Crippen MR) is 99.7 cm³/mol. The van der Waals surface area contributed by atoms with Crippen molar-refractivity contribution in [3.8, 4) is 0 Å². The number of carbonyl (C=O) groups is 1. The summed E-state index contributed by atoms with van der Waals surface area (Å²) in [4.78, 5) is 12.4. The Bertz CT molecular complexity index is 672. The summed E-state index contributed by atoms with van der Waals surface area (Å²) in [6, 6.07) is 14.2. The zero-order valence-corrected chi connectivity index (χ0v) is 14.3. The minimum Gasteiger partial charge on any atom is -0.322 e. The molecule has 2 aromatic carbocycles. The van der Waals surface area contributed by atoms with Gasteiger partial charge in [0.2, 0.25) is 0 Å². The fourth-order valence-corrected chi connectivity index (χ4v) is 2.79. The van der Waals surface area contributed by atoms with Crippen LogP contribution in [0.15, 0.2) is 54.1 Å². The Hall–Kier alpha value is -2.09. The van der Waals surface area contributed by atoms with Crippen LogP contribution in [0.1, 0.15) is 52.4 Å². The van der Waals surface area contributed by atoms with Gasteiger partial charge in [-0.2, -0.15) is 0 Å². The highest BCUT2D eigenvalue weighted by Gasteiger charge is 2.09. The number of amides is 1. The van der Waals surface area contributed by atoms with Crippen molar-refractivity contribution >= 4 is 22.4 Å². The van der Waals surface area contributed by atoms with Crippen molar-refractivity contribution in [1.29, 1.82) is 0 Å². The van der Waals surface area contributed by atoms with Gasteiger partial charge in [-0.1, -0.05) is 69.0 Å². The van der Waals surface area contributed by atoms with Crippen LogP contribution in [-0.4, -0.2) is 5.91 Å². The monoisotopic (exact) mass is 309 g/mol. The summed E-state index contributed by atoms with van der Waals surface area (Å²) in [5, 5.41) is 5.36. The summed E-state index contributed by atoms with van der Waals surface area (Å²) in [6.45, 7) is 4.16. The Balaban J connectivity index is 1.92. The first-order chi connectivity index (χ1) is 11.2. The molecule has 0 aliphatic carbocycles. The van der Waals surface area contributed by atoms with E-state index in [-0.39, 0.29) is 5.91 Å². The Morgan fingerprint density at radius 3 is 2.48 bits per heavy atom. The van der Waals surface area contributed by atoms with E-state index in [0.29, 0.717) is 0 Å². The number of anilines is 1. The van der Waals surface area contributed by atoms with Gasteiger partial charge >= 0.3 is 0 Å². The van der Waals surface area contributed by atoms with Crippen molar-refractivity contribution in [3.05, 3.63) is 54.1 Å². The highest BCUT2D eigenvalue weighted by molar-refractivity contribution is 6.04. The molecule has 1 amide bonds. The lowest BCUT2D eigenvalue weighted by atomic mass is 10.0. The lowest BCUT2D eigenvalue weighted by molar-refractivity contribution is -0.113. The summed E-state index contributed by atoms with van der Waals surface area (Å²) in [7, 11) is 0. The number of unbranched alkanes of at least 4 members (excludes halogenated alkanes) is 4. The first kappa shape index (κ1) is 17.3. The van der Waals surface area contributed by atoms with Gasteiger partial charge in [0, 0.05) is 11.3 Å². The maximum absolute atomic E-state index is 12.4. The maximum Gasteiger partial charge on any atom is 0.251 e. The third-order valence-corrected chi connectivity index (χ3v) is 4.20. The molecule has 0 saturated carbocycles. The molecule has 2 aromatic rings. The second-order valence-corrected chi connectivity index (χ2v) is 5.99. The molecule has 0 atom stereocenters. The van der Waals surface area contributed by atoms with E-state index in [1.54, 1.807) is 0 Å². The quantitative estimate of drug-likeness (QED) is 0.464. The lowest BCUT2D eigenvalue weighted by Gasteiger charge is -2.10. The number of hydrogen-bond acceptors (Lipinski definition) is 1. The van der Waals surface area contributed by atoms with E-state index < -0.39 is 0 Å². The van der Waals surface area contributed by atoms with Crippen LogP contribution >= 0.6 is 0 Å². The number of allylic oxidation sites excluding steroid dienone is 1. The molecule has 0 unspecified atom stereocenters. The van der Waals surface area contributed by atoms with Crippen LogP contribution in [0.25, 0.3) is 10.8 Å². The number of benzene rings is 2. The first-order valence-corrected chi connectivity index (χ1v) is 8.70. The molecule has 122 valence electrons. The molecule has 2 nitrogen and oxygen atoms in total. The van der Waals surface area contributed by atoms with E-state index in [0.717, 1.165) is 29.5 Å². The predicted octanol–water partition coefficient (Wildman–Crippen LogP) is 6.09. The lowest BCUT2D eigenvalue weighted by Crippen LogP contribution is -2.14. The average Bonchev–Trinajstić information content (AvgIpc) is 2.58. The molecular formula is C21H27NO. The highest BCUT2D eigenvalue weighted by atomic mass is 16.1. The normalized spacial score (nSPS) is 11.7.